The van der Waals surface area contributed by atoms with E-state index in [2.05, 4.69) is 9.88 Å². The molecule has 1 unspecified atom stereocenters. The number of aromatic nitrogens is 1. The topological polar surface area (TPSA) is 33.2 Å². The molecule has 1 aliphatic heterocycles. The summed E-state index contributed by atoms with van der Waals surface area (Å²) < 4.78 is 0. The predicted molar refractivity (Wildman–Crippen MR) is 58.8 cm³/mol. The van der Waals surface area contributed by atoms with E-state index in [0.29, 0.717) is 5.69 Å². The van der Waals surface area contributed by atoms with Crippen molar-refractivity contribution in [3.05, 3.63) is 30.1 Å². The molecule has 0 saturated carbocycles. The number of carbonyl (C=O) groups is 1. The number of pyridine rings is 1. The molecule has 2 rings (SSSR count). The van der Waals surface area contributed by atoms with Gasteiger partial charge >= 0.3 is 0 Å². The largest absolute Gasteiger partial charge is 0.293 e. The Balaban J connectivity index is 2.07. The average Bonchev–Trinajstić information content (AvgIpc) is 2.82. The molecule has 1 aromatic rings. The van der Waals surface area contributed by atoms with Crippen molar-refractivity contribution in [1.82, 2.24) is 9.88 Å². The van der Waals surface area contributed by atoms with E-state index in [4.69, 9.17) is 0 Å². The van der Waals surface area contributed by atoms with Gasteiger partial charge in [-0.2, -0.15) is 0 Å². The molecule has 1 atom stereocenters. The molecule has 1 aromatic heterocycles. The van der Waals surface area contributed by atoms with Crippen molar-refractivity contribution in [2.45, 2.75) is 25.8 Å². The Morgan fingerprint density at radius 3 is 2.73 bits per heavy atom. The maximum atomic E-state index is 12.0. The molecule has 3 nitrogen and oxygen atoms in total. The first-order chi connectivity index (χ1) is 7.29. The summed E-state index contributed by atoms with van der Waals surface area (Å²) in [5, 5.41) is 0. The number of hydrogen-bond donors (Lipinski definition) is 0. The Bertz CT molecular complexity index is 331. The third-order valence-electron chi connectivity index (χ3n) is 2.99. The lowest BCUT2D eigenvalue weighted by atomic mass is 10.1. The van der Waals surface area contributed by atoms with Crippen LogP contribution in [-0.4, -0.2) is 34.8 Å². The molecule has 2 heterocycles. The molecule has 1 fully saturated rings. The van der Waals surface area contributed by atoms with E-state index in [0.717, 1.165) is 13.1 Å². The zero-order chi connectivity index (χ0) is 10.7. The molecule has 0 spiro atoms. The molecular weight excluding hydrogens is 188 g/mol. The highest BCUT2D eigenvalue weighted by Crippen LogP contribution is 2.14. The van der Waals surface area contributed by atoms with Crippen LogP contribution >= 0.6 is 0 Å². The summed E-state index contributed by atoms with van der Waals surface area (Å²) in [7, 11) is 0. The fraction of sp³-hybridized carbons (Fsp3) is 0.500. The first-order valence-corrected chi connectivity index (χ1v) is 5.48. The minimum Gasteiger partial charge on any atom is -0.293 e. The van der Waals surface area contributed by atoms with E-state index >= 15 is 0 Å². The Labute approximate surface area is 90.1 Å². The first-order valence-electron chi connectivity index (χ1n) is 5.48. The van der Waals surface area contributed by atoms with Crippen LogP contribution in [0, 0.1) is 0 Å². The van der Waals surface area contributed by atoms with E-state index in [9.17, 15) is 4.79 Å². The summed E-state index contributed by atoms with van der Waals surface area (Å²) >= 11 is 0. The van der Waals surface area contributed by atoms with Gasteiger partial charge in [0.25, 0.3) is 0 Å². The van der Waals surface area contributed by atoms with Crippen molar-refractivity contribution in [1.29, 1.82) is 0 Å². The molecule has 1 aliphatic rings. The summed E-state index contributed by atoms with van der Waals surface area (Å²) in [5.41, 5.74) is 0.580. The van der Waals surface area contributed by atoms with Gasteiger partial charge in [-0.25, -0.2) is 0 Å². The van der Waals surface area contributed by atoms with Gasteiger partial charge in [0, 0.05) is 6.20 Å². The highest BCUT2D eigenvalue weighted by atomic mass is 16.1. The van der Waals surface area contributed by atoms with Gasteiger partial charge in [-0.15, -0.1) is 0 Å². The highest BCUT2D eigenvalue weighted by molar-refractivity contribution is 5.98. The van der Waals surface area contributed by atoms with Gasteiger partial charge in [-0.3, -0.25) is 14.7 Å². The number of nitrogens with zero attached hydrogens (tertiary/aromatic N) is 2. The zero-order valence-electron chi connectivity index (χ0n) is 9.02. The quantitative estimate of drug-likeness (QED) is 0.703. The number of likely N-dealkylation sites (tertiary alicyclic amines) is 1. The summed E-state index contributed by atoms with van der Waals surface area (Å²) in [6, 6.07) is 5.45. The fourth-order valence-corrected chi connectivity index (χ4v) is 2.02. The zero-order valence-corrected chi connectivity index (χ0v) is 9.02. The van der Waals surface area contributed by atoms with E-state index in [1.54, 1.807) is 12.3 Å². The Hall–Kier alpha value is -1.22. The molecule has 1 saturated heterocycles. The molecule has 0 aromatic carbocycles. The van der Waals surface area contributed by atoms with E-state index in [-0.39, 0.29) is 11.8 Å². The number of rotatable bonds is 3. The van der Waals surface area contributed by atoms with Crippen LogP contribution in [0.1, 0.15) is 30.3 Å². The van der Waals surface area contributed by atoms with Crippen LogP contribution < -0.4 is 0 Å². The first kappa shape index (κ1) is 10.3. The van der Waals surface area contributed by atoms with E-state index in [1.165, 1.54) is 12.8 Å². The average molecular weight is 204 g/mol. The van der Waals surface area contributed by atoms with Crippen LogP contribution in [0.4, 0.5) is 0 Å². The summed E-state index contributed by atoms with van der Waals surface area (Å²) in [6.45, 7) is 4.06. The van der Waals surface area contributed by atoms with Crippen LogP contribution in [0.15, 0.2) is 24.4 Å². The maximum absolute atomic E-state index is 12.0. The molecule has 80 valence electrons. The van der Waals surface area contributed by atoms with Gasteiger partial charge in [0.1, 0.15) is 5.69 Å². The Morgan fingerprint density at radius 2 is 2.13 bits per heavy atom. The van der Waals surface area contributed by atoms with Crippen molar-refractivity contribution in [2.75, 3.05) is 13.1 Å². The second-order valence-electron chi connectivity index (χ2n) is 4.00. The normalized spacial score (nSPS) is 19.0. The number of Topliss-reactive ketones (excluding diaryl/α,β-unsaturated/α-hetero) is 1. The molecule has 0 bridgehead atoms. The van der Waals surface area contributed by atoms with Crippen molar-refractivity contribution in [3.63, 3.8) is 0 Å². The summed E-state index contributed by atoms with van der Waals surface area (Å²) in [6.07, 6.45) is 4.09. The van der Waals surface area contributed by atoms with E-state index < -0.39 is 0 Å². The van der Waals surface area contributed by atoms with Crippen molar-refractivity contribution in [2.24, 2.45) is 0 Å². The van der Waals surface area contributed by atoms with Crippen LogP contribution in [-0.2, 0) is 0 Å². The van der Waals surface area contributed by atoms with Crippen LogP contribution in [0.25, 0.3) is 0 Å². The van der Waals surface area contributed by atoms with Gasteiger partial charge in [0.2, 0.25) is 0 Å². The van der Waals surface area contributed by atoms with Gasteiger partial charge < -0.3 is 0 Å². The Kier molecular flexibility index (Phi) is 3.11. The SMILES string of the molecule is CC(C(=O)c1ccccn1)N1CCCC1. The smallest absolute Gasteiger partial charge is 0.197 e. The van der Waals surface area contributed by atoms with E-state index in [1.807, 2.05) is 19.1 Å². The molecular formula is C12H16N2O. The summed E-state index contributed by atoms with van der Waals surface area (Å²) in [4.78, 5) is 18.4. The minimum atomic E-state index is -0.0256. The standard InChI is InChI=1S/C12H16N2O/c1-10(14-8-4-5-9-14)12(15)11-6-2-3-7-13-11/h2-3,6-7,10H,4-5,8-9H2,1H3. The van der Waals surface area contributed by atoms with Crippen LogP contribution in [0.5, 0.6) is 0 Å². The maximum Gasteiger partial charge on any atom is 0.197 e. The lowest BCUT2D eigenvalue weighted by Gasteiger charge is -2.21. The summed E-state index contributed by atoms with van der Waals surface area (Å²) in [5.74, 6) is 0.137. The van der Waals surface area contributed by atoms with Gasteiger partial charge in [0.15, 0.2) is 5.78 Å². The number of hydrogen-bond acceptors (Lipinski definition) is 3. The van der Waals surface area contributed by atoms with Gasteiger partial charge in [-0.05, 0) is 45.0 Å². The number of carbonyl (C=O) groups excluding carboxylic acids is 1. The van der Waals surface area contributed by atoms with Crippen molar-refractivity contribution < 1.29 is 4.79 Å². The third kappa shape index (κ3) is 2.23. The lowest BCUT2D eigenvalue weighted by molar-refractivity contribution is 0.0861. The second-order valence-corrected chi connectivity index (χ2v) is 4.00. The molecule has 0 amide bonds. The van der Waals surface area contributed by atoms with Crippen LogP contribution in [0.2, 0.25) is 0 Å². The second kappa shape index (κ2) is 4.53. The van der Waals surface area contributed by atoms with Crippen molar-refractivity contribution in [3.8, 4) is 0 Å². The molecule has 0 aliphatic carbocycles. The molecule has 15 heavy (non-hydrogen) atoms. The number of ketones is 1. The lowest BCUT2D eigenvalue weighted by Crippen LogP contribution is -2.37. The molecule has 3 heteroatoms. The monoisotopic (exact) mass is 204 g/mol. The minimum absolute atomic E-state index is 0.0256. The van der Waals surface area contributed by atoms with Gasteiger partial charge in [0.05, 0.1) is 6.04 Å². The molecule has 0 radical (unpaired) electrons. The predicted octanol–water partition coefficient (Wildman–Crippen LogP) is 1.75. The van der Waals surface area contributed by atoms with Crippen molar-refractivity contribution >= 4 is 5.78 Å². The highest BCUT2D eigenvalue weighted by Gasteiger charge is 2.25. The Morgan fingerprint density at radius 1 is 1.40 bits per heavy atom. The fourth-order valence-electron chi connectivity index (χ4n) is 2.02. The van der Waals surface area contributed by atoms with Gasteiger partial charge in [-0.1, -0.05) is 6.07 Å². The van der Waals surface area contributed by atoms with Crippen LogP contribution in [0.3, 0.4) is 0 Å². The molecule has 0 N–H and O–H groups in total. The third-order valence-corrected chi connectivity index (χ3v) is 2.99.